The number of benzene rings is 1. The number of ether oxygens (including phenoxy) is 1. The fourth-order valence-corrected chi connectivity index (χ4v) is 4.18. The average molecular weight is 378 g/mol. The van der Waals surface area contributed by atoms with Crippen LogP contribution >= 0.6 is 0 Å². The van der Waals surface area contributed by atoms with Crippen molar-refractivity contribution in [2.24, 2.45) is 5.92 Å². The molecule has 0 unspecified atom stereocenters. The Balaban J connectivity index is 1.39. The van der Waals surface area contributed by atoms with Crippen LogP contribution in [0, 0.1) is 5.92 Å². The zero-order valence-electron chi connectivity index (χ0n) is 16.2. The Hall–Kier alpha value is -2.73. The van der Waals surface area contributed by atoms with E-state index in [0.717, 1.165) is 38.3 Å². The smallest absolute Gasteiger partial charge is 0.274 e. The van der Waals surface area contributed by atoms with E-state index in [0.29, 0.717) is 17.7 Å². The zero-order chi connectivity index (χ0) is 19.3. The molecule has 5 rings (SSSR count). The highest BCUT2D eigenvalue weighted by Gasteiger charge is 2.36. The van der Waals surface area contributed by atoms with E-state index in [1.807, 2.05) is 17.0 Å². The quantitative estimate of drug-likeness (QED) is 0.801. The van der Waals surface area contributed by atoms with Gasteiger partial charge in [0.1, 0.15) is 11.4 Å². The van der Waals surface area contributed by atoms with E-state index in [-0.39, 0.29) is 5.91 Å². The van der Waals surface area contributed by atoms with Crippen LogP contribution in [-0.2, 0) is 0 Å². The number of hydrogen-bond acceptors (Lipinski definition) is 5. The molecule has 28 heavy (non-hydrogen) atoms. The third-order valence-corrected chi connectivity index (χ3v) is 5.66. The Morgan fingerprint density at radius 1 is 1.18 bits per heavy atom. The van der Waals surface area contributed by atoms with Gasteiger partial charge in [-0.1, -0.05) is 24.3 Å². The first-order valence-corrected chi connectivity index (χ1v) is 9.83. The van der Waals surface area contributed by atoms with Crippen molar-refractivity contribution >= 4 is 12.0 Å². The summed E-state index contributed by atoms with van der Waals surface area (Å²) in [6, 6.07) is 8.48. The first-order valence-electron chi connectivity index (χ1n) is 9.83. The van der Waals surface area contributed by atoms with Gasteiger partial charge in [-0.15, -0.1) is 0 Å². The largest absolute Gasteiger partial charge is 0.497 e. The van der Waals surface area contributed by atoms with Crippen molar-refractivity contribution in [1.82, 2.24) is 19.8 Å². The fourth-order valence-electron chi connectivity index (χ4n) is 4.18. The predicted octanol–water partition coefficient (Wildman–Crippen LogP) is 2.74. The van der Waals surface area contributed by atoms with Crippen molar-refractivity contribution in [3.63, 3.8) is 0 Å². The lowest BCUT2D eigenvalue weighted by atomic mass is 9.95. The van der Waals surface area contributed by atoms with Gasteiger partial charge >= 0.3 is 0 Å². The molecule has 0 spiro atoms. The summed E-state index contributed by atoms with van der Waals surface area (Å²) in [6.07, 6.45) is 11.4. The van der Waals surface area contributed by atoms with E-state index in [1.54, 1.807) is 25.7 Å². The van der Waals surface area contributed by atoms with Gasteiger partial charge in [-0.2, -0.15) is 0 Å². The van der Waals surface area contributed by atoms with Crippen LogP contribution in [0.2, 0.25) is 0 Å². The number of amides is 1. The van der Waals surface area contributed by atoms with Crippen molar-refractivity contribution in [2.75, 3.05) is 33.3 Å². The van der Waals surface area contributed by atoms with E-state index < -0.39 is 0 Å². The summed E-state index contributed by atoms with van der Waals surface area (Å²) in [4.78, 5) is 25.5. The number of piperidine rings is 1. The van der Waals surface area contributed by atoms with Gasteiger partial charge in [-0.05, 0) is 36.5 Å². The number of nitrogens with zero attached hydrogens (tertiary/aromatic N) is 4. The number of hydrogen-bond donors (Lipinski definition) is 0. The molecule has 146 valence electrons. The predicted molar refractivity (Wildman–Crippen MR) is 108 cm³/mol. The second-order valence-corrected chi connectivity index (χ2v) is 7.53. The molecule has 4 heterocycles. The highest BCUT2D eigenvalue weighted by atomic mass is 16.5. The highest BCUT2D eigenvalue weighted by molar-refractivity contribution is 5.92. The molecule has 0 saturated carbocycles. The molecule has 0 N–H and O–H groups in total. The first-order chi connectivity index (χ1) is 13.7. The van der Waals surface area contributed by atoms with Crippen molar-refractivity contribution in [3.05, 3.63) is 60.2 Å². The van der Waals surface area contributed by atoms with Crippen molar-refractivity contribution < 1.29 is 9.53 Å². The minimum atomic E-state index is 0.000579. The maximum atomic E-state index is 12.8. The molecule has 1 aromatic carbocycles. The summed E-state index contributed by atoms with van der Waals surface area (Å²) in [7, 11) is 1.68. The van der Waals surface area contributed by atoms with E-state index in [9.17, 15) is 4.79 Å². The van der Waals surface area contributed by atoms with Crippen LogP contribution in [0.1, 0.15) is 28.9 Å². The molecule has 2 bridgehead atoms. The van der Waals surface area contributed by atoms with E-state index in [2.05, 4.69) is 39.2 Å². The van der Waals surface area contributed by atoms with Gasteiger partial charge in [0.05, 0.1) is 13.3 Å². The fraction of sp³-hybridized carbons (Fsp3) is 0.409. The summed E-state index contributed by atoms with van der Waals surface area (Å²) in [6.45, 7) is 3.52. The lowest BCUT2D eigenvalue weighted by molar-refractivity contribution is 0.0734. The monoisotopic (exact) mass is 378 g/mol. The molecule has 3 aliphatic rings. The van der Waals surface area contributed by atoms with Crippen molar-refractivity contribution in [2.45, 2.75) is 18.9 Å². The molecule has 3 fully saturated rings. The van der Waals surface area contributed by atoms with Crippen LogP contribution in [0.4, 0.5) is 0 Å². The molecule has 0 radical (unpaired) electrons. The summed E-state index contributed by atoms with van der Waals surface area (Å²) in [5.41, 5.74) is 1.61. The highest BCUT2D eigenvalue weighted by Crippen LogP contribution is 2.28. The Morgan fingerprint density at radius 3 is 2.79 bits per heavy atom. The topological polar surface area (TPSA) is 58.6 Å². The molecule has 3 saturated heterocycles. The number of aromatic nitrogens is 2. The van der Waals surface area contributed by atoms with Gasteiger partial charge in [-0.25, -0.2) is 4.98 Å². The Morgan fingerprint density at radius 2 is 2.04 bits per heavy atom. The van der Waals surface area contributed by atoms with E-state index in [4.69, 9.17) is 4.74 Å². The molecule has 6 heteroatoms. The molecular weight excluding hydrogens is 352 g/mol. The lowest BCUT2D eigenvalue weighted by Crippen LogP contribution is -2.44. The number of methoxy groups -OCH3 is 1. The number of carbonyl (C=O) groups excluding carboxylic acids is 1. The van der Waals surface area contributed by atoms with Crippen molar-refractivity contribution in [1.29, 1.82) is 0 Å². The molecule has 2 aromatic rings. The maximum Gasteiger partial charge on any atom is 0.274 e. The van der Waals surface area contributed by atoms with Gasteiger partial charge in [0, 0.05) is 44.6 Å². The van der Waals surface area contributed by atoms with Gasteiger partial charge in [0.15, 0.2) is 0 Å². The third-order valence-electron chi connectivity index (χ3n) is 5.66. The zero-order valence-corrected chi connectivity index (χ0v) is 16.2. The van der Waals surface area contributed by atoms with Gasteiger partial charge in [0.2, 0.25) is 0 Å². The minimum absolute atomic E-state index is 0.000579. The lowest BCUT2D eigenvalue weighted by Gasteiger charge is -2.35. The average Bonchev–Trinajstić information content (AvgIpc) is 3.06. The third kappa shape index (κ3) is 4.22. The second-order valence-electron chi connectivity index (χ2n) is 7.53. The first kappa shape index (κ1) is 18.6. The maximum absolute atomic E-state index is 12.8. The normalized spacial score (nSPS) is 22.4. The number of fused-ring (bicyclic) bond motifs is 4. The van der Waals surface area contributed by atoms with Crippen LogP contribution in [0.25, 0.3) is 6.08 Å². The van der Waals surface area contributed by atoms with Gasteiger partial charge in [-0.3, -0.25) is 14.7 Å². The van der Waals surface area contributed by atoms with Gasteiger partial charge < -0.3 is 9.64 Å². The summed E-state index contributed by atoms with van der Waals surface area (Å²) < 4.78 is 5.20. The minimum Gasteiger partial charge on any atom is -0.497 e. The molecule has 3 aliphatic heterocycles. The van der Waals surface area contributed by atoms with E-state index >= 15 is 0 Å². The van der Waals surface area contributed by atoms with Crippen LogP contribution in [-0.4, -0.2) is 65.0 Å². The van der Waals surface area contributed by atoms with Crippen LogP contribution < -0.4 is 4.74 Å². The Kier molecular flexibility index (Phi) is 5.67. The molecule has 1 aromatic heterocycles. The molecule has 2 atom stereocenters. The summed E-state index contributed by atoms with van der Waals surface area (Å²) in [5, 5.41) is 0. The summed E-state index contributed by atoms with van der Waals surface area (Å²) >= 11 is 0. The van der Waals surface area contributed by atoms with E-state index in [1.165, 1.54) is 12.0 Å². The molecule has 0 aliphatic carbocycles. The standard InChI is InChI=1S/C22H26N4O2/c1-28-20-8-5-17(6-9-20)3-2-12-25-14-18-4-7-19(25)16-26(15-18)22(27)21-13-23-10-11-24-21/h2-3,5-6,8-11,13,18-19H,4,7,12,14-16H2,1H3/b3-2+/t18-,19-/m1/s1. The summed E-state index contributed by atoms with van der Waals surface area (Å²) in [5.74, 6) is 1.39. The van der Waals surface area contributed by atoms with Crippen LogP contribution in [0.5, 0.6) is 5.75 Å². The van der Waals surface area contributed by atoms with Gasteiger partial charge in [0.25, 0.3) is 5.91 Å². The SMILES string of the molecule is COc1ccc(/C=C/CN2C[C@H]3CC[C@@H]2CN(C(=O)c2cnccn2)C3)cc1. The molecule has 1 amide bonds. The molecular formula is C22H26N4O2. The van der Waals surface area contributed by atoms with Crippen LogP contribution in [0.3, 0.4) is 0 Å². The second kappa shape index (κ2) is 8.52. The number of rotatable bonds is 5. The number of carbonyl (C=O) groups is 1. The Bertz CT molecular complexity index is 822. The Labute approximate surface area is 165 Å². The molecule has 6 nitrogen and oxygen atoms in total. The van der Waals surface area contributed by atoms with Crippen LogP contribution in [0.15, 0.2) is 48.9 Å². The van der Waals surface area contributed by atoms with Crippen molar-refractivity contribution in [3.8, 4) is 5.75 Å².